The van der Waals surface area contributed by atoms with Crippen LogP contribution in [0.3, 0.4) is 0 Å². The summed E-state index contributed by atoms with van der Waals surface area (Å²) < 4.78 is 23.8. The summed E-state index contributed by atoms with van der Waals surface area (Å²) in [6.07, 6.45) is -2.34. The van der Waals surface area contributed by atoms with Crippen LogP contribution in [-0.2, 0) is 18.9 Å². The summed E-state index contributed by atoms with van der Waals surface area (Å²) >= 11 is 0. The number of carbonyl (C=O) groups excluding carboxylic acids is 5. The van der Waals surface area contributed by atoms with Gasteiger partial charge in [0.15, 0.2) is 6.29 Å². The van der Waals surface area contributed by atoms with Gasteiger partial charge in [-0.3, -0.25) is 35.7 Å². The number of nitro benzene ring substituents is 2. The molecule has 21 nitrogen and oxygen atoms in total. The number of benzene rings is 4. The number of carboxylic acids is 1. The number of ether oxygens (including phenoxy) is 4. The molecule has 2 amide bonds. The van der Waals surface area contributed by atoms with E-state index in [9.17, 15) is 54.1 Å². The van der Waals surface area contributed by atoms with Crippen molar-refractivity contribution in [2.45, 2.75) is 105 Å². The Kier molecular flexibility index (Phi) is 15.1. The van der Waals surface area contributed by atoms with Crippen molar-refractivity contribution in [3.8, 4) is 22.5 Å². The van der Waals surface area contributed by atoms with Gasteiger partial charge in [0.05, 0.1) is 37.8 Å². The Balaban J connectivity index is 0.000000264. The maximum atomic E-state index is 13.2. The van der Waals surface area contributed by atoms with Gasteiger partial charge in [-0.15, -0.1) is 0 Å². The topological polar surface area (TPSA) is 280 Å². The Labute approximate surface area is 406 Å². The molecule has 21 heteroatoms. The molecule has 71 heavy (non-hydrogen) atoms. The van der Waals surface area contributed by atoms with Crippen molar-refractivity contribution in [1.29, 1.82) is 0 Å². The van der Waals surface area contributed by atoms with Crippen LogP contribution in [0.2, 0.25) is 0 Å². The summed E-state index contributed by atoms with van der Waals surface area (Å²) in [5.41, 5.74) is -1.61. The van der Waals surface area contributed by atoms with Gasteiger partial charge in [0.1, 0.15) is 22.4 Å². The van der Waals surface area contributed by atoms with Gasteiger partial charge >= 0.3 is 30.3 Å². The van der Waals surface area contributed by atoms with Crippen molar-refractivity contribution < 1.29 is 62.7 Å². The van der Waals surface area contributed by atoms with Crippen molar-refractivity contribution in [3.63, 3.8) is 0 Å². The number of nitrogens with zero attached hydrogens (tertiary/aromatic N) is 4. The number of carbonyl (C=O) groups is 6. The van der Waals surface area contributed by atoms with Gasteiger partial charge in [-0.05, 0) is 131 Å². The minimum absolute atomic E-state index is 0.00788. The van der Waals surface area contributed by atoms with Crippen molar-refractivity contribution in [3.05, 3.63) is 116 Å². The highest BCUT2D eigenvalue weighted by molar-refractivity contribution is 6.13. The maximum Gasteiger partial charge on any atom is 0.419 e. The number of non-ortho nitro benzene ring substituents is 2. The second-order valence-corrected chi connectivity index (χ2v) is 19.9. The van der Waals surface area contributed by atoms with Crippen molar-refractivity contribution >= 4 is 81.2 Å². The lowest BCUT2D eigenvalue weighted by atomic mass is 10.0. The molecule has 0 bridgehead atoms. The van der Waals surface area contributed by atoms with Crippen LogP contribution in [0.15, 0.2) is 84.9 Å². The molecular formula is C50H54N6O15. The average Bonchev–Trinajstić information content (AvgIpc) is 3.75. The molecule has 4 aromatic carbocycles. The van der Waals surface area contributed by atoms with E-state index in [-0.39, 0.29) is 55.7 Å². The van der Waals surface area contributed by atoms with Gasteiger partial charge in [-0.25, -0.2) is 33.1 Å². The minimum atomic E-state index is -1.38. The van der Waals surface area contributed by atoms with E-state index in [1.54, 1.807) is 107 Å². The number of anilines is 2. The number of aromatic carboxylic acids is 1. The van der Waals surface area contributed by atoms with Crippen LogP contribution in [0.5, 0.6) is 0 Å². The zero-order chi connectivity index (χ0) is 53.1. The fraction of sp³-hybridized carbons (Fsp3) is 0.320. The number of aldehydes is 1. The molecular weight excluding hydrogens is 925 g/mol. The van der Waals surface area contributed by atoms with Gasteiger partial charge < -0.3 is 24.1 Å². The summed E-state index contributed by atoms with van der Waals surface area (Å²) in [5, 5.41) is 38.1. The van der Waals surface area contributed by atoms with E-state index >= 15 is 0 Å². The second-order valence-electron chi connectivity index (χ2n) is 19.9. The van der Waals surface area contributed by atoms with Crippen molar-refractivity contribution in [2.24, 2.45) is 0 Å². The van der Waals surface area contributed by atoms with Crippen LogP contribution in [0.25, 0.3) is 44.3 Å². The van der Waals surface area contributed by atoms with E-state index in [0.29, 0.717) is 28.8 Å². The summed E-state index contributed by atoms with van der Waals surface area (Å²) in [5.74, 6) is -1.38. The molecule has 0 aliphatic carbocycles. The summed E-state index contributed by atoms with van der Waals surface area (Å²) in [6.45, 7) is 20.5. The lowest BCUT2D eigenvalue weighted by Gasteiger charge is -2.21. The zero-order valence-corrected chi connectivity index (χ0v) is 41.1. The van der Waals surface area contributed by atoms with Crippen LogP contribution in [0, 0.1) is 20.2 Å². The first-order chi connectivity index (χ1) is 32.8. The van der Waals surface area contributed by atoms with Gasteiger partial charge in [0.2, 0.25) is 0 Å². The minimum Gasteiger partial charge on any atom is -0.478 e. The Bertz CT molecular complexity index is 3090. The van der Waals surface area contributed by atoms with E-state index in [4.69, 9.17) is 18.9 Å². The van der Waals surface area contributed by atoms with Gasteiger partial charge in [0.25, 0.3) is 11.4 Å². The highest BCUT2D eigenvalue weighted by Crippen LogP contribution is 2.38. The molecule has 0 aliphatic heterocycles. The lowest BCUT2D eigenvalue weighted by molar-refractivity contribution is -0.384. The van der Waals surface area contributed by atoms with Crippen molar-refractivity contribution in [2.75, 3.05) is 10.6 Å². The predicted molar refractivity (Wildman–Crippen MR) is 263 cm³/mol. The molecule has 3 N–H and O–H groups in total. The molecule has 0 unspecified atom stereocenters. The number of hydrogen-bond acceptors (Lipinski definition) is 14. The molecule has 0 atom stereocenters. The van der Waals surface area contributed by atoms with Gasteiger partial charge in [-0.2, -0.15) is 0 Å². The Morgan fingerprint density at radius 3 is 1.24 bits per heavy atom. The quantitative estimate of drug-likeness (QED) is 0.0553. The molecule has 0 spiro atoms. The number of aromatic nitrogens is 2. The third-order valence-corrected chi connectivity index (χ3v) is 9.45. The molecule has 374 valence electrons. The Morgan fingerprint density at radius 1 is 0.535 bits per heavy atom. The fourth-order valence-corrected chi connectivity index (χ4v) is 6.96. The van der Waals surface area contributed by atoms with E-state index in [1.165, 1.54) is 59.2 Å². The lowest BCUT2D eigenvalue weighted by Crippen LogP contribution is -2.27. The standard InChI is InChI=1S/C25H27N3O8.C25H27N3O7/c1-24(2,3)35-22(31)26-15-9-7-14(8-10-15)20-19(21(29)30)17-13-16(28(33)34)11-12-18(17)27(20)23(32)36-25(4,5)6;1-24(2,3)34-22(30)26-16-9-7-15(8-10-16)21-19(14-29)18-13-17(28(32)33)11-12-20(18)27(21)23(31)35-25(4,5)6/h7-13H,1-6H3,(H,26,31)(H,29,30);7-14H,1-6H3,(H,26,30). The van der Waals surface area contributed by atoms with Crippen LogP contribution in [0.1, 0.15) is 104 Å². The predicted octanol–water partition coefficient (Wildman–Crippen LogP) is 12.2. The highest BCUT2D eigenvalue weighted by Gasteiger charge is 2.32. The molecule has 0 aliphatic rings. The van der Waals surface area contributed by atoms with Crippen molar-refractivity contribution in [1.82, 2.24) is 9.13 Å². The summed E-state index contributed by atoms with van der Waals surface area (Å²) in [4.78, 5) is 96.5. The number of hydrogen-bond donors (Lipinski definition) is 3. The Hall–Kier alpha value is -8.62. The summed E-state index contributed by atoms with van der Waals surface area (Å²) in [7, 11) is 0. The first kappa shape index (κ1) is 53.3. The molecule has 6 rings (SSSR count). The number of carboxylic acid groups (broad SMARTS) is 1. The van der Waals surface area contributed by atoms with Crippen LogP contribution in [0.4, 0.5) is 41.9 Å². The first-order valence-corrected chi connectivity index (χ1v) is 21.8. The number of fused-ring (bicyclic) bond motifs is 2. The fourth-order valence-electron chi connectivity index (χ4n) is 6.96. The second kappa shape index (κ2) is 20.2. The molecule has 0 fully saturated rings. The normalized spacial score (nSPS) is 11.7. The number of amides is 2. The average molecular weight is 979 g/mol. The highest BCUT2D eigenvalue weighted by atomic mass is 16.6. The zero-order valence-electron chi connectivity index (χ0n) is 41.1. The Morgan fingerprint density at radius 2 is 0.887 bits per heavy atom. The molecule has 0 saturated heterocycles. The molecule has 2 aromatic heterocycles. The monoisotopic (exact) mass is 978 g/mol. The van der Waals surface area contributed by atoms with E-state index in [2.05, 4.69) is 10.6 Å². The van der Waals surface area contributed by atoms with Gasteiger partial charge in [0, 0.05) is 52.0 Å². The largest absolute Gasteiger partial charge is 0.478 e. The summed E-state index contributed by atoms with van der Waals surface area (Å²) in [6, 6.07) is 20.0. The first-order valence-electron chi connectivity index (χ1n) is 21.8. The van der Waals surface area contributed by atoms with E-state index in [1.807, 2.05) is 0 Å². The van der Waals surface area contributed by atoms with Crippen LogP contribution < -0.4 is 10.6 Å². The van der Waals surface area contributed by atoms with Crippen LogP contribution in [-0.4, -0.2) is 83.1 Å². The van der Waals surface area contributed by atoms with Gasteiger partial charge in [-0.1, -0.05) is 24.3 Å². The molecule has 0 saturated carbocycles. The molecule has 0 radical (unpaired) electrons. The van der Waals surface area contributed by atoms with E-state index in [0.717, 1.165) is 10.6 Å². The third kappa shape index (κ3) is 13.3. The molecule has 6 aromatic rings. The maximum absolute atomic E-state index is 13.2. The van der Waals surface area contributed by atoms with E-state index < -0.39 is 62.6 Å². The third-order valence-electron chi connectivity index (χ3n) is 9.45. The molecule has 2 heterocycles. The number of rotatable bonds is 8. The smallest absolute Gasteiger partial charge is 0.419 e. The SMILES string of the molecule is CC(C)(C)OC(=O)Nc1ccc(-c2c(C(=O)O)c3cc([N+](=O)[O-])ccc3n2C(=O)OC(C)(C)C)cc1.CC(C)(C)OC(=O)Nc1ccc(-c2c(C=O)c3cc([N+](=O)[O-])ccc3n2C(=O)OC(C)(C)C)cc1. The number of nitro groups is 2. The van der Waals surface area contributed by atoms with Crippen LogP contribution >= 0.6 is 0 Å². The number of nitrogens with one attached hydrogen (secondary N) is 2.